The molecule has 0 N–H and O–H groups in total. The monoisotopic (exact) mass is 266 g/mol. The molecule has 0 bridgehead atoms. The molecule has 2 amide bonds. The average molecular weight is 267 g/mol. The maximum absolute atomic E-state index is 11.6. The summed E-state index contributed by atoms with van der Waals surface area (Å²) in [5.41, 5.74) is 0. The minimum atomic E-state index is -0.495. The Morgan fingerprint density at radius 3 is 2.12 bits per heavy atom. The summed E-state index contributed by atoms with van der Waals surface area (Å²) in [4.78, 5) is 26.5. The minimum absolute atomic E-state index is 0.0565. The van der Waals surface area contributed by atoms with Gasteiger partial charge in [0.05, 0.1) is 0 Å². The van der Waals surface area contributed by atoms with Gasteiger partial charge in [-0.3, -0.25) is 9.59 Å². The predicted molar refractivity (Wildman–Crippen MR) is 63.8 cm³/mol. The quantitative estimate of drug-likeness (QED) is 0.713. The summed E-state index contributed by atoms with van der Waals surface area (Å²) < 4.78 is 0. The Balaban J connectivity index is 2.39. The van der Waals surface area contributed by atoms with Gasteiger partial charge in [0.2, 0.25) is 11.8 Å². The molecule has 1 aliphatic rings. The van der Waals surface area contributed by atoms with Gasteiger partial charge < -0.3 is 9.80 Å². The smallest absolute Gasteiger partial charge is 0.240 e. The third-order valence-corrected chi connectivity index (χ3v) is 2.97. The van der Waals surface area contributed by atoms with Gasteiger partial charge >= 0.3 is 0 Å². The molecule has 0 radical (unpaired) electrons. The summed E-state index contributed by atoms with van der Waals surface area (Å²) >= 11 is 11.2. The SMILES string of the molecule is CC(Cl)C(=O)N1CCN(C(=O)CCCl)CC1. The van der Waals surface area contributed by atoms with Gasteiger partial charge in [0.1, 0.15) is 5.38 Å². The largest absolute Gasteiger partial charge is 0.339 e. The summed E-state index contributed by atoms with van der Waals surface area (Å²) in [5.74, 6) is 0.337. The lowest BCUT2D eigenvalue weighted by molar-refractivity contribution is -0.138. The van der Waals surface area contributed by atoms with Crippen LogP contribution in [-0.4, -0.2) is 59.1 Å². The van der Waals surface area contributed by atoms with Crippen LogP contribution >= 0.6 is 23.2 Å². The highest BCUT2D eigenvalue weighted by Gasteiger charge is 2.25. The molecule has 1 unspecified atom stereocenters. The van der Waals surface area contributed by atoms with Crippen LogP contribution in [0.3, 0.4) is 0 Å². The van der Waals surface area contributed by atoms with Crippen LogP contribution in [0.15, 0.2) is 0 Å². The van der Waals surface area contributed by atoms with E-state index in [0.717, 1.165) is 0 Å². The molecule has 16 heavy (non-hydrogen) atoms. The van der Waals surface area contributed by atoms with Crippen molar-refractivity contribution in [3.63, 3.8) is 0 Å². The second kappa shape index (κ2) is 6.30. The Bertz CT molecular complexity index is 264. The number of carbonyl (C=O) groups excluding carboxylic acids is 2. The fourth-order valence-corrected chi connectivity index (χ4v) is 1.97. The number of hydrogen-bond acceptors (Lipinski definition) is 2. The molecular weight excluding hydrogens is 251 g/mol. The number of rotatable bonds is 3. The van der Waals surface area contributed by atoms with E-state index >= 15 is 0 Å². The molecule has 0 aliphatic carbocycles. The molecule has 1 saturated heterocycles. The van der Waals surface area contributed by atoms with Crippen molar-refractivity contribution in [3.8, 4) is 0 Å². The van der Waals surface area contributed by atoms with E-state index in [0.29, 0.717) is 38.5 Å². The normalized spacial score (nSPS) is 18.4. The van der Waals surface area contributed by atoms with Crippen LogP contribution in [0.5, 0.6) is 0 Å². The molecule has 1 rings (SSSR count). The fourth-order valence-electron chi connectivity index (χ4n) is 1.67. The second-order valence-electron chi connectivity index (χ2n) is 3.76. The molecule has 4 nitrogen and oxygen atoms in total. The molecular formula is C10H16Cl2N2O2. The number of alkyl halides is 2. The molecule has 0 spiro atoms. The fraction of sp³-hybridized carbons (Fsp3) is 0.800. The van der Waals surface area contributed by atoms with Gasteiger partial charge in [-0.25, -0.2) is 0 Å². The van der Waals surface area contributed by atoms with Crippen LogP contribution in [0.25, 0.3) is 0 Å². The molecule has 0 aromatic rings. The van der Waals surface area contributed by atoms with Gasteiger partial charge in [0.15, 0.2) is 0 Å². The van der Waals surface area contributed by atoms with Crippen molar-refractivity contribution >= 4 is 35.0 Å². The zero-order chi connectivity index (χ0) is 12.1. The Kier molecular flexibility index (Phi) is 5.35. The Hall–Kier alpha value is -0.480. The topological polar surface area (TPSA) is 40.6 Å². The molecule has 92 valence electrons. The zero-order valence-corrected chi connectivity index (χ0v) is 10.8. The van der Waals surface area contributed by atoms with Crippen molar-refractivity contribution in [2.24, 2.45) is 0 Å². The van der Waals surface area contributed by atoms with E-state index in [1.54, 1.807) is 16.7 Å². The van der Waals surface area contributed by atoms with E-state index in [1.807, 2.05) is 0 Å². The summed E-state index contributed by atoms with van der Waals surface area (Å²) in [6.07, 6.45) is 0.363. The van der Waals surface area contributed by atoms with Crippen molar-refractivity contribution < 1.29 is 9.59 Å². The van der Waals surface area contributed by atoms with E-state index in [4.69, 9.17) is 23.2 Å². The van der Waals surface area contributed by atoms with Crippen LogP contribution < -0.4 is 0 Å². The van der Waals surface area contributed by atoms with Crippen LogP contribution in [-0.2, 0) is 9.59 Å². The third-order valence-electron chi connectivity index (χ3n) is 2.59. The Labute approximate surface area is 105 Å². The molecule has 0 saturated carbocycles. The van der Waals surface area contributed by atoms with E-state index in [-0.39, 0.29) is 11.8 Å². The first-order valence-corrected chi connectivity index (χ1v) is 6.30. The van der Waals surface area contributed by atoms with Crippen molar-refractivity contribution in [3.05, 3.63) is 0 Å². The minimum Gasteiger partial charge on any atom is -0.339 e. The van der Waals surface area contributed by atoms with E-state index in [1.165, 1.54) is 0 Å². The number of carbonyl (C=O) groups is 2. The summed E-state index contributed by atoms with van der Waals surface area (Å²) in [6, 6.07) is 0. The Morgan fingerprint density at radius 1 is 1.19 bits per heavy atom. The number of nitrogens with zero attached hydrogens (tertiary/aromatic N) is 2. The first-order chi connectivity index (χ1) is 7.56. The molecule has 1 atom stereocenters. The summed E-state index contributed by atoms with van der Waals surface area (Å²) in [6.45, 7) is 3.93. The molecule has 1 aliphatic heterocycles. The summed E-state index contributed by atoms with van der Waals surface area (Å²) in [5, 5.41) is -0.495. The van der Waals surface area contributed by atoms with E-state index < -0.39 is 5.38 Å². The highest BCUT2D eigenvalue weighted by Crippen LogP contribution is 2.08. The van der Waals surface area contributed by atoms with Gasteiger partial charge in [0, 0.05) is 38.5 Å². The highest BCUT2D eigenvalue weighted by atomic mass is 35.5. The molecule has 1 fully saturated rings. The van der Waals surface area contributed by atoms with Crippen molar-refractivity contribution in [1.29, 1.82) is 0 Å². The molecule has 0 aromatic carbocycles. The number of halogens is 2. The van der Waals surface area contributed by atoms with Crippen molar-refractivity contribution in [2.45, 2.75) is 18.7 Å². The van der Waals surface area contributed by atoms with Crippen molar-refractivity contribution in [2.75, 3.05) is 32.1 Å². The van der Waals surface area contributed by atoms with Crippen LogP contribution in [0, 0.1) is 0 Å². The van der Waals surface area contributed by atoms with Crippen molar-refractivity contribution in [1.82, 2.24) is 9.80 Å². The second-order valence-corrected chi connectivity index (χ2v) is 4.79. The first kappa shape index (κ1) is 13.6. The number of hydrogen-bond donors (Lipinski definition) is 0. The molecule has 1 heterocycles. The van der Waals surface area contributed by atoms with Gasteiger partial charge in [-0.05, 0) is 6.92 Å². The maximum Gasteiger partial charge on any atom is 0.240 e. The average Bonchev–Trinajstić information content (AvgIpc) is 2.28. The van der Waals surface area contributed by atoms with Gasteiger partial charge in [-0.2, -0.15) is 0 Å². The van der Waals surface area contributed by atoms with Gasteiger partial charge in [-0.15, -0.1) is 23.2 Å². The standard InChI is InChI=1S/C10H16Cl2N2O2/c1-8(12)10(16)14-6-4-13(5-7-14)9(15)2-3-11/h8H,2-7H2,1H3. The van der Waals surface area contributed by atoms with Gasteiger partial charge in [0.25, 0.3) is 0 Å². The molecule has 0 aromatic heterocycles. The summed E-state index contributed by atoms with van der Waals surface area (Å²) in [7, 11) is 0. The van der Waals surface area contributed by atoms with Crippen LogP contribution in [0.1, 0.15) is 13.3 Å². The van der Waals surface area contributed by atoms with E-state index in [2.05, 4.69) is 0 Å². The Morgan fingerprint density at radius 2 is 1.69 bits per heavy atom. The van der Waals surface area contributed by atoms with Crippen LogP contribution in [0.4, 0.5) is 0 Å². The van der Waals surface area contributed by atoms with Crippen LogP contribution in [0.2, 0.25) is 0 Å². The third kappa shape index (κ3) is 3.52. The lowest BCUT2D eigenvalue weighted by Gasteiger charge is -2.35. The number of piperazine rings is 1. The zero-order valence-electron chi connectivity index (χ0n) is 9.29. The number of amides is 2. The van der Waals surface area contributed by atoms with E-state index in [9.17, 15) is 9.59 Å². The predicted octanol–water partition coefficient (Wildman–Crippen LogP) is 0.913. The highest BCUT2D eigenvalue weighted by molar-refractivity contribution is 6.30. The van der Waals surface area contributed by atoms with Gasteiger partial charge in [-0.1, -0.05) is 0 Å². The first-order valence-electron chi connectivity index (χ1n) is 5.33. The lowest BCUT2D eigenvalue weighted by Crippen LogP contribution is -2.52. The maximum atomic E-state index is 11.6. The molecule has 6 heteroatoms. The lowest BCUT2D eigenvalue weighted by atomic mass is 10.2.